The molecule has 1 spiro atoms. The molecule has 0 unspecified atom stereocenters. The number of hydrogen-bond acceptors (Lipinski definition) is 4. The number of carbonyl (C=O) groups excluding carboxylic acids is 1. The summed E-state index contributed by atoms with van der Waals surface area (Å²) >= 11 is 6.56. The van der Waals surface area contributed by atoms with E-state index in [1.54, 1.807) is 0 Å². The Hall–Kier alpha value is -1.79. The van der Waals surface area contributed by atoms with E-state index in [2.05, 4.69) is 16.0 Å². The number of oxazole rings is 1. The van der Waals surface area contributed by atoms with E-state index in [9.17, 15) is 4.79 Å². The number of fused-ring (bicyclic) bond motifs is 4. The van der Waals surface area contributed by atoms with Gasteiger partial charge in [0.15, 0.2) is 5.58 Å². The molecule has 5 rings (SSSR count). The van der Waals surface area contributed by atoms with Crippen LogP contribution in [0.2, 0.25) is 5.02 Å². The van der Waals surface area contributed by atoms with Crippen molar-refractivity contribution in [3.05, 3.63) is 22.5 Å². The number of amides is 2. The Balaban J connectivity index is 1.52. The van der Waals surface area contributed by atoms with Gasteiger partial charge in [0.2, 0.25) is 5.89 Å². The molecule has 6 nitrogen and oxygen atoms in total. The average Bonchev–Trinajstić information content (AvgIpc) is 3.10. The largest absolute Gasteiger partial charge is 0.439 e. The van der Waals surface area contributed by atoms with E-state index in [0.717, 1.165) is 42.3 Å². The van der Waals surface area contributed by atoms with Crippen molar-refractivity contribution in [2.75, 3.05) is 5.32 Å². The lowest BCUT2D eigenvalue weighted by Crippen LogP contribution is -2.52. The van der Waals surface area contributed by atoms with Crippen molar-refractivity contribution < 1.29 is 9.21 Å². The van der Waals surface area contributed by atoms with Crippen molar-refractivity contribution in [2.45, 2.75) is 82.3 Å². The molecule has 0 bridgehead atoms. The maximum Gasteiger partial charge on any atom is 0.319 e. The summed E-state index contributed by atoms with van der Waals surface area (Å²) in [5.41, 5.74) is 2.78. The van der Waals surface area contributed by atoms with Crippen LogP contribution in [0, 0.1) is 0 Å². The second kappa shape index (κ2) is 7.23. The molecule has 0 atom stereocenters. The van der Waals surface area contributed by atoms with Crippen molar-refractivity contribution in [2.24, 2.45) is 0 Å². The summed E-state index contributed by atoms with van der Waals surface area (Å²) in [7, 11) is 0. The number of rotatable bonds is 3. The van der Waals surface area contributed by atoms with Crippen molar-refractivity contribution in [3.63, 3.8) is 0 Å². The first kappa shape index (κ1) is 18.3. The lowest BCUT2D eigenvalue weighted by molar-refractivity contribution is 0.209. The van der Waals surface area contributed by atoms with Crippen LogP contribution >= 0.6 is 11.6 Å². The van der Waals surface area contributed by atoms with Gasteiger partial charge in [-0.25, -0.2) is 9.78 Å². The van der Waals surface area contributed by atoms with E-state index in [0.29, 0.717) is 29.2 Å². The molecule has 2 aromatic rings. The third kappa shape index (κ3) is 3.16. The Labute approximate surface area is 169 Å². The van der Waals surface area contributed by atoms with Crippen molar-refractivity contribution in [3.8, 4) is 0 Å². The van der Waals surface area contributed by atoms with Gasteiger partial charge in [0.05, 0.1) is 22.8 Å². The third-order valence-electron chi connectivity index (χ3n) is 6.60. The number of urea groups is 1. The zero-order valence-corrected chi connectivity index (χ0v) is 16.8. The minimum atomic E-state index is -0.410. The summed E-state index contributed by atoms with van der Waals surface area (Å²) in [5, 5.41) is 10.2. The number of aromatic nitrogens is 1. The van der Waals surface area contributed by atoms with Crippen LogP contribution in [0.5, 0.6) is 0 Å². The Bertz CT molecular complexity index is 897. The molecule has 2 amide bonds. The van der Waals surface area contributed by atoms with Crippen LogP contribution in [-0.4, -0.2) is 17.1 Å². The molecule has 3 N–H and O–H groups in total. The zero-order chi connectivity index (χ0) is 19.1. The normalized spacial score (nSPS) is 22.1. The van der Waals surface area contributed by atoms with Crippen molar-refractivity contribution in [1.82, 2.24) is 15.6 Å². The minimum Gasteiger partial charge on any atom is -0.439 e. The lowest BCUT2D eigenvalue weighted by atomic mass is 9.74. The highest BCUT2D eigenvalue weighted by Crippen LogP contribution is 2.48. The molecule has 2 fully saturated rings. The molecule has 0 radical (unpaired) electrons. The standard InChI is InChI=1S/C21H27ClN4O2/c22-14-11-15-19(28-16(24-15)12-23-13-7-3-1-4-8-13)17-18(14)25-20(27)26-21(17)9-5-2-6-10-21/h11,13,23H,1-10,12H2,(H2,25,26,27). The van der Waals surface area contributed by atoms with Crippen LogP contribution in [0.25, 0.3) is 11.1 Å². The maximum atomic E-state index is 12.3. The van der Waals surface area contributed by atoms with E-state index in [4.69, 9.17) is 21.0 Å². The first-order chi connectivity index (χ1) is 13.6. The molecule has 150 valence electrons. The lowest BCUT2D eigenvalue weighted by Gasteiger charge is -2.42. The maximum absolute atomic E-state index is 12.3. The highest BCUT2D eigenvalue weighted by atomic mass is 35.5. The van der Waals surface area contributed by atoms with Gasteiger partial charge >= 0.3 is 6.03 Å². The smallest absolute Gasteiger partial charge is 0.319 e. The predicted octanol–water partition coefficient (Wildman–Crippen LogP) is 5.20. The first-order valence-corrected chi connectivity index (χ1v) is 11.0. The molecule has 0 saturated heterocycles. The van der Waals surface area contributed by atoms with Crippen LogP contribution in [-0.2, 0) is 12.1 Å². The summed E-state index contributed by atoms with van der Waals surface area (Å²) < 4.78 is 6.25. The van der Waals surface area contributed by atoms with Gasteiger partial charge in [0.1, 0.15) is 5.52 Å². The van der Waals surface area contributed by atoms with Crippen molar-refractivity contribution in [1.29, 1.82) is 0 Å². The van der Waals surface area contributed by atoms with E-state index >= 15 is 0 Å². The predicted molar refractivity (Wildman–Crippen MR) is 110 cm³/mol. The van der Waals surface area contributed by atoms with E-state index in [1.807, 2.05) is 6.07 Å². The second-order valence-corrected chi connectivity index (χ2v) is 8.91. The number of nitrogens with one attached hydrogen (secondary N) is 3. The Morgan fingerprint density at radius 1 is 1.18 bits per heavy atom. The number of hydrogen-bond donors (Lipinski definition) is 3. The van der Waals surface area contributed by atoms with Crippen LogP contribution in [0.4, 0.5) is 10.5 Å². The van der Waals surface area contributed by atoms with Gasteiger partial charge in [-0.15, -0.1) is 0 Å². The fraction of sp³-hybridized carbons (Fsp3) is 0.619. The molecule has 28 heavy (non-hydrogen) atoms. The number of halogens is 1. The van der Waals surface area contributed by atoms with Gasteiger partial charge in [0, 0.05) is 11.6 Å². The Morgan fingerprint density at radius 3 is 2.71 bits per heavy atom. The number of benzene rings is 1. The van der Waals surface area contributed by atoms with E-state index in [1.165, 1.54) is 38.5 Å². The number of carbonyl (C=O) groups is 1. The summed E-state index contributed by atoms with van der Waals surface area (Å²) in [6, 6.07) is 2.17. The molecule has 3 aliphatic rings. The number of nitrogens with zero attached hydrogens (tertiary/aromatic N) is 1. The average molecular weight is 403 g/mol. The summed E-state index contributed by atoms with van der Waals surface area (Å²) in [5.74, 6) is 0.688. The summed E-state index contributed by atoms with van der Waals surface area (Å²) in [4.78, 5) is 17.0. The Kier molecular flexibility index (Phi) is 4.71. The summed E-state index contributed by atoms with van der Waals surface area (Å²) in [6.07, 6.45) is 11.5. The van der Waals surface area contributed by atoms with Crippen LogP contribution in [0.15, 0.2) is 10.5 Å². The minimum absolute atomic E-state index is 0.186. The molecule has 2 aliphatic carbocycles. The van der Waals surface area contributed by atoms with Gasteiger partial charge in [-0.2, -0.15) is 0 Å². The van der Waals surface area contributed by atoms with Crippen LogP contribution in [0.3, 0.4) is 0 Å². The molecular weight excluding hydrogens is 376 g/mol. The summed E-state index contributed by atoms with van der Waals surface area (Å²) in [6.45, 7) is 0.624. The van der Waals surface area contributed by atoms with Crippen molar-refractivity contribution >= 4 is 34.4 Å². The highest BCUT2D eigenvalue weighted by molar-refractivity contribution is 6.35. The topological polar surface area (TPSA) is 79.2 Å². The molecule has 7 heteroatoms. The van der Waals surface area contributed by atoms with Gasteiger partial charge in [-0.05, 0) is 31.7 Å². The quantitative estimate of drug-likeness (QED) is 0.659. The first-order valence-electron chi connectivity index (χ1n) is 10.6. The van der Waals surface area contributed by atoms with Gasteiger partial charge in [-0.1, -0.05) is 50.1 Å². The molecule has 2 saturated carbocycles. The SMILES string of the molecule is O=C1Nc2c(Cl)cc3nc(CNC4CCCCC4)oc3c2C2(CCCCC2)N1. The third-order valence-corrected chi connectivity index (χ3v) is 6.90. The van der Waals surface area contributed by atoms with E-state index < -0.39 is 5.54 Å². The van der Waals surface area contributed by atoms with Crippen LogP contribution in [0.1, 0.15) is 75.7 Å². The molecular formula is C21H27ClN4O2. The van der Waals surface area contributed by atoms with E-state index in [-0.39, 0.29) is 6.03 Å². The fourth-order valence-corrected chi connectivity index (χ4v) is 5.47. The monoisotopic (exact) mass is 402 g/mol. The Morgan fingerprint density at radius 2 is 1.93 bits per heavy atom. The van der Waals surface area contributed by atoms with Gasteiger partial charge < -0.3 is 20.4 Å². The highest BCUT2D eigenvalue weighted by Gasteiger charge is 2.44. The van der Waals surface area contributed by atoms with Crippen LogP contribution < -0.4 is 16.0 Å². The number of anilines is 1. The molecule has 1 aromatic carbocycles. The fourth-order valence-electron chi connectivity index (χ4n) is 5.23. The molecule has 1 aliphatic heterocycles. The molecule has 1 aromatic heterocycles. The second-order valence-electron chi connectivity index (χ2n) is 8.50. The molecule has 2 heterocycles. The zero-order valence-electron chi connectivity index (χ0n) is 16.1. The van der Waals surface area contributed by atoms with Gasteiger partial charge in [0.25, 0.3) is 0 Å². The van der Waals surface area contributed by atoms with Gasteiger partial charge in [-0.3, -0.25) is 0 Å².